The van der Waals surface area contributed by atoms with Gasteiger partial charge in [0, 0.05) is 6.07 Å². The monoisotopic (exact) mass is 465 g/mol. The zero-order valence-corrected chi connectivity index (χ0v) is 18.8. The molecule has 168 valence electrons. The van der Waals surface area contributed by atoms with Gasteiger partial charge in [0.15, 0.2) is 4.80 Å². The number of benzene rings is 2. The lowest BCUT2D eigenvalue weighted by Gasteiger charge is -2.24. The molecule has 0 unspecified atom stereocenters. The number of hydrogen-bond donors (Lipinski definition) is 0. The Kier molecular flexibility index (Phi) is 5.93. The number of nitro benzene ring substituents is 1. The highest BCUT2D eigenvalue weighted by Crippen LogP contribution is 2.31. The van der Waals surface area contributed by atoms with E-state index in [0.717, 1.165) is 11.3 Å². The fraction of sp³-hybridized carbons (Fsp3) is 0.174. The SMILES string of the molecule is COC(=O)C1=C(C)N=c2s/c(=C/c3ccccc3[N+](=O)[O-])c(=O)n2[C@H]1c1ccc(OC)cc1. The van der Waals surface area contributed by atoms with E-state index in [9.17, 15) is 19.7 Å². The minimum atomic E-state index is -0.771. The molecule has 1 aliphatic rings. The van der Waals surface area contributed by atoms with Gasteiger partial charge in [0.05, 0.1) is 46.6 Å². The molecule has 0 amide bonds. The number of ether oxygens (including phenoxy) is 2. The third-order valence-corrected chi connectivity index (χ3v) is 6.26. The third-order valence-electron chi connectivity index (χ3n) is 5.28. The minimum absolute atomic E-state index is 0.110. The number of nitro groups is 1. The van der Waals surface area contributed by atoms with E-state index in [2.05, 4.69) is 4.99 Å². The van der Waals surface area contributed by atoms with E-state index in [1.165, 1.54) is 23.8 Å². The topological polar surface area (TPSA) is 113 Å². The molecule has 2 aromatic carbocycles. The van der Waals surface area contributed by atoms with Gasteiger partial charge in [0.1, 0.15) is 5.75 Å². The zero-order valence-electron chi connectivity index (χ0n) is 18.0. The first-order valence-electron chi connectivity index (χ1n) is 9.84. The van der Waals surface area contributed by atoms with Crippen LogP contribution in [0.1, 0.15) is 24.1 Å². The number of thiazole rings is 1. The lowest BCUT2D eigenvalue weighted by molar-refractivity contribution is -0.385. The van der Waals surface area contributed by atoms with Crippen LogP contribution in [0.15, 0.2) is 69.6 Å². The molecule has 4 rings (SSSR count). The van der Waals surface area contributed by atoms with Crippen molar-refractivity contribution in [3.05, 3.63) is 101 Å². The Bertz CT molecular complexity index is 1470. The van der Waals surface area contributed by atoms with Crippen molar-refractivity contribution >= 4 is 29.1 Å². The normalized spacial score (nSPS) is 15.6. The van der Waals surface area contributed by atoms with Crippen LogP contribution in [-0.2, 0) is 9.53 Å². The summed E-state index contributed by atoms with van der Waals surface area (Å²) >= 11 is 1.10. The molecule has 0 saturated carbocycles. The molecule has 0 bridgehead atoms. The molecule has 0 spiro atoms. The summed E-state index contributed by atoms with van der Waals surface area (Å²) in [6.07, 6.45) is 1.48. The fourth-order valence-electron chi connectivity index (χ4n) is 3.71. The van der Waals surface area contributed by atoms with E-state index in [0.29, 0.717) is 27.4 Å². The summed E-state index contributed by atoms with van der Waals surface area (Å²) in [5.41, 5.74) is 1.13. The number of carbonyl (C=O) groups is 1. The van der Waals surface area contributed by atoms with Crippen LogP contribution in [0, 0.1) is 10.1 Å². The number of methoxy groups -OCH3 is 2. The largest absolute Gasteiger partial charge is 0.497 e. The second-order valence-corrected chi connectivity index (χ2v) is 8.17. The van der Waals surface area contributed by atoms with Gasteiger partial charge in [-0.25, -0.2) is 9.79 Å². The van der Waals surface area contributed by atoms with Crippen LogP contribution in [-0.4, -0.2) is 29.7 Å². The molecule has 1 atom stereocenters. The Labute approximate surface area is 191 Å². The number of carbonyl (C=O) groups excluding carboxylic acids is 1. The number of hydrogen-bond acceptors (Lipinski definition) is 8. The molecule has 3 aromatic rings. The zero-order chi connectivity index (χ0) is 23.7. The maximum Gasteiger partial charge on any atom is 0.338 e. The summed E-state index contributed by atoms with van der Waals surface area (Å²) < 4.78 is 11.9. The van der Waals surface area contributed by atoms with E-state index < -0.39 is 22.5 Å². The van der Waals surface area contributed by atoms with E-state index >= 15 is 0 Å². The average molecular weight is 465 g/mol. The first kappa shape index (κ1) is 22.2. The molecule has 0 fully saturated rings. The van der Waals surface area contributed by atoms with Gasteiger partial charge in [0.25, 0.3) is 11.2 Å². The molecule has 0 aliphatic carbocycles. The second-order valence-electron chi connectivity index (χ2n) is 7.16. The molecule has 1 aromatic heterocycles. The third kappa shape index (κ3) is 3.96. The average Bonchev–Trinajstić information content (AvgIpc) is 3.12. The Morgan fingerprint density at radius 2 is 1.88 bits per heavy atom. The van der Waals surface area contributed by atoms with Gasteiger partial charge in [-0.05, 0) is 36.8 Å². The minimum Gasteiger partial charge on any atom is -0.497 e. The molecule has 1 aliphatic heterocycles. The van der Waals surface area contributed by atoms with Crippen LogP contribution in [0.25, 0.3) is 6.08 Å². The number of nitrogens with zero attached hydrogens (tertiary/aromatic N) is 3. The van der Waals surface area contributed by atoms with Gasteiger partial charge in [-0.15, -0.1) is 0 Å². The fourth-order valence-corrected chi connectivity index (χ4v) is 4.75. The van der Waals surface area contributed by atoms with Crippen molar-refractivity contribution < 1.29 is 19.2 Å². The van der Waals surface area contributed by atoms with Crippen LogP contribution < -0.4 is 19.6 Å². The maximum atomic E-state index is 13.5. The van der Waals surface area contributed by atoms with Crippen molar-refractivity contribution in [3.63, 3.8) is 0 Å². The van der Waals surface area contributed by atoms with Crippen LogP contribution >= 0.6 is 11.3 Å². The molecule has 9 nitrogen and oxygen atoms in total. The van der Waals surface area contributed by atoms with Gasteiger partial charge in [0.2, 0.25) is 0 Å². The highest BCUT2D eigenvalue weighted by molar-refractivity contribution is 7.07. The molecule has 0 N–H and O–H groups in total. The molecular formula is C23H19N3O6S. The predicted octanol–water partition coefficient (Wildman–Crippen LogP) is 2.33. The summed E-state index contributed by atoms with van der Waals surface area (Å²) in [6.45, 7) is 1.68. The summed E-state index contributed by atoms with van der Waals surface area (Å²) in [4.78, 5) is 41.9. The van der Waals surface area contributed by atoms with Crippen molar-refractivity contribution in [2.45, 2.75) is 13.0 Å². The van der Waals surface area contributed by atoms with Crippen molar-refractivity contribution in [2.75, 3.05) is 14.2 Å². The maximum absolute atomic E-state index is 13.5. The summed E-state index contributed by atoms with van der Waals surface area (Å²) in [5.74, 6) is 0.0351. The first-order chi connectivity index (χ1) is 15.8. The van der Waals surface area contributed by atoms with E-state index in [1.807, 2.05) is 0 Å². The van der Waals surface area contributed by atoms with Crippen molar-refractivity contribution in [3.8, 4) is 5.75 Å². The quantitative estimate of drug-likeness (QED) is 0.325. The van der Waals surface area contributed by atoms with Crippen molar-refractivity contribution in [2.24, 2.45) is 4.99 Å². The highest BCUT2D eigenvalue weighted by atomic mass is 32.1. The van der Waals surface area contributed by atoms with Crippen molar-refractivity contribution in [1.82, 2.24) is 4.57 Å². The lowest BCUT2D eigenvalue weighted by Crippen LogP contribution is -2.39. The van der Waals surface area contributed by atoms with E-state index in [-0.39, 0.29) is 15.8 Å². The standard InChI is InChI=1S/C23H19N3O6S/c1-13-19(22(28)32-3)20(14-8-10-16(31-2)11-9-14)25-21(27)18(33-23(25)24-13)12-15-6-4-5-7-17(15)26(29)30/h4-12,20H,1-3H3/b18-12+/t20-/m0/s1. The number of para-hydroxylation sites is 1. The summed E-state index contributed by atoms with van der Waals surface area (Å²) in [7, 11) is 2.82. The Balaban J connectivity index is 1.98. The summed E-state index contributed by atoms with van der Waals surface area (Å²) in [5, 5.41) is 11.4. The Morgan fingerprint density at radius 1 is 1.18 bits per heavy atom. The van der Waals surface area contributed by atoms with Gasteiger partial charge >= 0.3 is 5.97 Å². The first-order valence-corrected chi connectivity index (χ1v) is 10.7. The number of allylic oxidation sites excluding steroid dienone is 1. The molecule has 33 heavy (non-hydrogen) atoms. The molecule has 10 heteroatoms. The van der Waals surface area contributed by atoms with Gasteiger partial charge in [-0.1, -0.05) is 35.6 Å². The number of rotatable bonds is 5. The van der Waals surface area contributed by atoms with Crippen LogP contribution in [0.5, 0.6) is 5.75 Å². The Hall–Kier alpha value is -4.05. The molecule has 2 heterocycles. The van der Waals surface area contributed by atoms with E-state index in [1.54, 1.807) is 56.5 Å². The smallest absolute Gasteiger partial charge is 0.338 e. The van der Waals surface area contributed by atoms with Crippen LogP contribution in [0.2, 0.25) is 0 Å². The Morgan fingerprint density at radius 3 is 2.52 bits per heavy atom. The van der Waals surface area contributed by atoms with Gasteiger partial charge < -0.3 is 9.47 Å². The molecule has 0 radical (unpaired) electrons. The van der Waals surface area contributed by atoms with Crippen LogP contribution in [0.3, 0.4) is 0 Å². The number of aromatic nitrogens is 1. The second kappa shape index (κ2) is 8.83. The van der Waals surface area contributed by atoms with E-state index in [4.69, 9.17) is 9.47 Å². The molecular weight excluding hydrogens is 446 g/mol. The van der Waals surface area contributed by atoms with Crippen LogP contribution in [0.4, 0.5) is 5.69 Å². The predicted molar refractivity (Wildman–Crippen MR) is 122 cm³/mol. The van der Waals surface area contributed by atoms with Gasteiger partial charge in [-0.3, -0.25) is 19.5 Å². The highest BCUT2D eigenvalue weighted by Gasteiger charge is 2.33. The number of esters is 1. The lowest BCUT2D eigenvalue weighted by atomic mass is 9.96. The number of fused-ring (bicyclic) bond motifs is 1. The van der Waals surface area contributed by atoms with Gasteiger partial charge in [-0.2, -0.15) is 0 Å². The molecule has 0 saturated heterocycles. The summed E-state index contributed by atoms with van der Waals surface area (Å²) in [6, 6.07) is 12.4. The van der Waals surface area contributed by atoms with Crippen molar-refractivity contribution in [1.29, 1.82) is 0 Å².